The Morgan fingerprint density at radius 1 is 1.33 bits per heavy atom. The summed E-state index contributed by atoms with van der Waals surface area (Å²) < 4.78 is 28.5. The van der Waals surface area contributed by atoms with Gasteiger partial charge in [0.05, 0.1) is 32.5 Å². The van der Waals surface area contributed by atoms with E-state index in [1.165, 1.54) is 12.1 Å². The van der Waals surface area contributed by atoms with Gasteiger partial charge in [-0.25, -0.2) is 18.3 Å². The SMILES string of the molecule is CC(C)(C)S(=O)NC(c1ccc(F)c(Cl)c1)c1cccc(C#N)n1. The van der Waals surface area contributed by atoms with Gasteiger partial charge in [-0.2, -0.15) is 5.26 Å². The summed E-state index contributed by atoms with van der Waals surface area (Å²) in [6.45, 7) is 5.51. The molecule has 2 rings (SSSR count). The van der Waals surface area contributed by atoms with Crippen molar-refractivity contribution in [2.75, 3.05) is 0 Å². The Hall–Kier alpha value is -1.81. The maximum Gasteiger partial charge on any atom is 0.141 e. The van der Waals surface area contributed by atoms with Crippen LogP contribution < -0.4 is 4.72 Å². The molecule has 0 aliphatic heterocycles. The highest BCUT2D eigenvalue weighted by Gasteiger charge is 2.26. The Morgan fingerprint density at radius 3 is 2.62 bits per heavy atom. The van der Waals surface area contributed by atoms with Gasteiger partial charge >= 0.3 is 0 Å². The van der Waals surface area contributed by atoms with Crippen molar-refractivity contribution >= 4 is 22.6 Å². The molecule has 7 heteroatoms. The third kappa shape index (κ3) is 4.38. The molecule has 0 amide bonds. The predicted octanol–water partition coefficient (Wildman–Crippen LogP) is 3.89. The van der Waals surface area contributed by atoms with Gasteiger partial charge in [0.1, 0.15) is 17.6 Å². The normalized spacial score (nSPS) is 14.0. The molecule has 0 spiro atoms. The van der Waals surface area contributed by atoms with Gasteiger partial charge in [0, 0.05) is 0 Å². The number of hydrogen-bond donors (Lipinski definition) is 1. The molecule has 2 atom stereocenters. The van der Waals surface area contributed by atoms with Crippen LogP contribution in [0.5, 0.6) is 0 Å². The third-order valence-electron chi connectivity index (χ3n) is 3.24. The Balaban J connectivity index is 2.50. The molecule has 0 saturated heterocycles. The Kier molecular flexibility index (Phi) is 5.70. The number of benzene rings is 1. The van der Waals surface area contributed by atoms with Crippen molar-refractivity contribution < 1.29 is 8.60 Å². The van der Waals surface area contributed by atoms with Crippen molar-refractivity contribution in [3.8, 4) is 6.07 Å². The third-order valence-corrected chi connectivity index (χ3v) is 5.09. The monoisotopic (exact) mass is 365 g/mol. The van der Waals surface area contributed by atoms with Gasteiger partial charge in [-0.3, -0.25) is 0 Å². The van der Waals surface area contributed by atoms with Crippen LogP contribution in [0.2, 0.25) is 5.02 Å². The molecule has 2 aromatic rings. The van der Waals surface area contributed by atoms with Gasteiger partial charge in [0.25, 0.3) is 0 Å². The summed E-state index contributed by atoms with van der Waals surface area (Å²) in [5.41, 5.74) is 1.37. The Labute approximate surface area is 148 Å². The maximum atomic E-state index is 13.5. The van der Waals surface area contributed by atoms with E-state index < -0.39 is 27.6 Å². The molecular weight excluding hydrogens is 349 g/mol. The summed E-state index contributed by atoms with van der Waals surface area (Å²) >= 11 is 5.88. The van der Waals surface area contributed by atoms with Gasteiger partial charge in [0.15, 0.2) is 0 Å². The second-order valence-electron chi connectivity index (χ2n) is 6.17. The van der Waals surface area contributed by atoms with Crippen molar-refractivity contribution in [3.63, 3.8) is 0 Å². The van der Waals surface area contributed by atoms with Crippen LogP contribution in [0.1, 0.15) is 43.8 Å². The zero-order valence-electron chi connectivity index (χ0n) is 13.5. The lowest BCUT2D eigenvalue weighted by Crippen LogP contribution is -2.36. The quantitative estimate of drug-likeness (QED) is 0.893. The molecule has 2 unspecified atom stereocenters. The summed E-state index contributed by atoms with van der Waals surface area (Å²) in [7, 11) is -1.40. The number of pyridine rings is 1. The summed E-state index contributed by atoms with van der Waals surface area (Å²) in [5.74, 6) is -0.533. The minimum Gasteiger partial charge on any atom is -0.242 e. The fraction of sp³-hybridized carbons (Fsp3) is 0.294. The first kappa shape index (κ1) is 18.5. The lowest BCUT2D eigenvalue weighted by molar-refractivity contribution is 0.615. The van der Waals surface area contributed by atoms with Crippen LogP contribution in [0.15, 0.2) is 36.4 Å². The molecule has 0 saturated carbocycles. The van der Waals surface area contributed by atoms with E-state index in [2.05, 4.69) is 9.71 Å². The molecule has 1 aromatic carbocycles. The summed E-state index contributed by atoms with van der Waals surface area (Å²) in [6, 6.07) is 10.7. The van der Waals surface area contributed by atoms with Crippen LogP contribution in [-0.2, 0) is 11.0 Å². The van der Waals surface area contributed by atoms with E-state index in [4.69, 9.17) is 16.9 Å². The molecule has 126 valence electrons. The molecule has 1 aromatic heterocycles. The van der Waals surface area contributed by atoms with Crippen LogP contribution in [0.4, 0.5) is 4.39 Å². The number of aromatic nitrogens is 1. The first-order chi connectivity index (χ1) is 11.2. The summed E-state index contributed by atoms with van der Waals surface area (Å²) in [4.78, 5) is 4.26. The topological polar surface area (TPSA) is 65.8 Å². The smallest absolute Gasteiger partial charge is 0.141 e. The molecule has 0 aliphatic rings. The van der Waals surface area contributed by atoms with E-state index in [0.29, 0.717) is 11.3 Å². The minimum atomic E-state index is -1.40. The first-order valence-corrected chi connectivity index (χ1v) is 8.75. The lowest BCUT2D eigenvalue weighted by atomic mass is 10.0. The van der Waals surface area contributed by atoms with Crippen LogP contribution in [0.3, 0.4) is 0 Å². The molecule has 0 bridgehead atoms. The average molecular weight is 366 g/mol. The van der Waals surface area contributed by atoms with E-state index in [1.54, 1.807) is 24.3 Å². The number of rotatable bonds is 4. The number of hydrogen-bond acceptors (Lipinski definition) is 3. The van der Waals surface area contributed by atoms with Gasteiger partial charge in [0.2, 0.25) is 0 Å². The van der Waals surface area contributed by atoms with E-state index >= 15 is 0 Å². The minimum absolute atomic E-state index is 0.0303. The first-order valence-electron chi connectivity index (χ1n) is 7.22. The summed E-state index contributed by atoms with van der Waals surface area (Å²) in [5, 5.41) is 9.01. The predicted molar refractivity (Wildman–Crippen MR) is 93.2 cm³/mol. The fourth-order valence-corrected chi connectivity index (χ4v) is 2.96. The van der Waals surface area contributed by atoms with Crippen molar-refractivity contribution in [2.24, 2.45) is 0 Å². The molecular formula is C17H17ClFN3OS. The highest BCUT2D eigenvalue weighted by atomic mass is 35.5. The number of nitrogens with zero attached hydrogens (tertiary/aromatic N) is 2. The second-order valence-corrected chi connectivity index (χ2v) is 8.57. The van der Waals surface area contributed by atoms with Gasteiger partial charge in [-0.05, 0) is 50.6 Å². The van der Waals surface area contributed by atoms with Crippen molar-refractivity contribution in [1.82, 2.24) is 9.71 Å². The Morgan fingerprint density at radius 2 is 2.04 bits per heavy atom. The van der Waals surface area contributed by atoms with Crippen LogP contribution in [0.25, 0.3) is 0 Å². The van der Waals surface area contributed by atoms with Crippen molar-refractivity contribution in [3.05, 3.63) is 64.2 Å². The fourth-order valence-electron chi connectivity index (χ4n) is 1.95. The molecule has 1 heterocycles. The zero-order valence-corrected chi connectivity index (χ0v) is 15.1. The van der Waals surface area contributed by atoms with E-state index in [0.717, 1.165) is 0 Å². The van der Waals surface area contributed by atoms with E-state index in [9.17, 15) is 8.60 Å². The largest absolute Gasteiger partial charge is 0.242 e. The zero-order chi connectivity index (χ0) is 17.9. The molecule has 4 nitrogen and oxygen atoms in total. The van der Waals surface area contributed by atoms with E-state index in [1.807, 2.05) is 26.8 Å². The Bertz CT molecular complexity index is 814. The molecule has 0 fully saturated rings. The molecule has 0 aliphatic carbocycles. The average Bonchev–Trinajstić information content (AvgIpc) is 2.54. The number of halogens is 2. The number of nitrogens with one attached hydrogen (secondary N) is 1. The summed E-state index contributed by atoms with van der Waals surface area (Å²) in [6.07, 6.45) is 0. The van der Waals surface area contributed by atoms with Crippen molar-refractivity contribution in [1.29, 1.82) is 5.26 Å². The number of nitriles is 1. The van der Waals surface area contributed by atoms with Crippen LogP contribution in [0, 0.1) is 17.1 Å². The van der Waals surface area contributed by atoms with Gasteiger partial charge in [-0.1, -0.05) is 23.7 Å². The molecule has 24 heavy (non-hydrogen) atoms. The van der Waals surface area contributed by atoms with Gasteiger partial charge < -0.3 is 0 Å². The molecule has 1 N–H and O–H groups in total. The standard InChI is InChI=1S/C17H17ClFN3OS/c1-17(2,3)24(23)22-16(11-7-8-14(19)13(18)9-11)15-6-4-5-12(10-20)21-15/h4-9,16,22H,1-3H3. The van der Waals surface area contributed by atoms with Crippen LogP contribution >= 0.6 is 11.6 Å². The van der Waals surface area contributed by atoms with Crippen molar-refractivity contribution in [2.45, 2.75) is 31.6 Å². The molecule has 0 radical (unpaired) electrons. The van der Waals surface area contributed by atoms with Gasteiger partial charge in [-0.15, -0.1) is 0 Å². The second kappa shape index (κ2) is 7.39. The highest BCUT2D eigenvalue weighted by Crippen LogP contribution is 2.27. The van der Waals surface area contributed by atoms with E-state index in [-0.39, 0.29) is 10.7 Å². The van der Waals surface area contributed by atoms with Crippen LogP contribution in [-0.4, -0.2) is 13.9 Å². The maximum absolute atomic E-state index is 13.5. The highest BCUT2D eigenvalue weighted by molar-refractivity contribution is 7.84. The lowest BCUT2D eigenvalue weighted by Gasteiger charge is -2.24.